The van der Waals surface area contributed by atoms with Crippen LogP contribution in [0, 0.1) is 11.3 Å². The first-order valence-corrected chi connectivity index (χ1v) is 22.7. The lowest BCUT2D eigenvalue weighted by Gasteiger charge is -2.54. The molecule has 1 atom stereocenters. The van der Waals surface area contributed by atoms with E-state index in [0.717, 1.165) is 29.5 Å². The Morgan fingerprint density at radius 3 is 1.25 bits per heavy atom. The van der Waals surface area contributed by atoms with Crippen molar-refractivity contribution in [3.8, 4) is 0 Å². The first-order valence-electron chi connectivity index (χ1n) is 22.7. The van der Waals surface area contributed by atoms with Gasteiger partial charge in [-0.15, -0.1) is 0 Å². The van der Waals surface area contributed by atoms with Crippen molar-refractivity contribution in [2.45, 2.75) is 239 Å². The fourth-order valence-electron chi connectivity index (χ4n) is 11.2. The van der Waals surface area contributed by atoms with Gasteiger partial charge in [0.15, 0.2) is 5.78 Å². The summed E-state index contributed by atoms with van der Waals surface area (Å²) in [6.45, 7) is 39.6. The predicted octanol–water partition coefficient (Wildman–Crippen LogP) is 10.4. The van der Waals surface area contributed by atoms with E-state index in [1.807, 2.05) is 0 Å². The van der Waals surface area contributed by atoms with Gasteiger partial charge in [-0.05, 0) is 157 Å². The molecule has 8 nitrogen and oxygen atoms in total. The summed E-state index contributed by atoms with van der Waals surface area (Å²) in [5, 5.41) is 0. The molecule has 0 N–H and O–H groups in total. The van der Waals surface area contributed by atoms with Crippen LogP contribution in [-0.4, -0.2) is 99.0 Å². The van der Waals surface area contributed by atoms with Crippen LogP contribution in [0.5, 0.6) is 0 Å². The zero-order valence-electron chi connectivity index (χ0n) is 41.7. The highest BCUT2D eigenvalue weighted by atomic mass is 16.6. The van der Waals surface area contributed by atoms with E-state index < -0.39 is 23.5 Å². The molecule has 0 saturated carbocycles. The number of hydrogen-bond donors (Lipinski definition) is 0. The van der Waals surface area contributed by atoms with Crippen molar-refractivity contribution in [2.24, 2.45) is 11.3 Å². The van der Waals surface area contributed by atoms with E-state index in [1.165, 1.54) is 0 Å². The van der Waals surface area contributed by atoms with Gasteiger partial charge in [0.25, 0.3) is 0 Å². The number of piperidine rings is 3. The number of nitrogens with zero attached hydrogens (tertiary/aromatic N) is 3. The number of benzene rings is 1. The Morgan fingerprint density at radius 1 is 0.559 bits per heavy atom. The van der Waals surface area contributed by atoms with Gasteiger partial charge < -0.3 is 9.47 Å². The Bertz CT molecular complexity index is 1580. The van der Waals surface area contributed by atoms with E-state index in [0.29, 0.717) is 25.7 Å². The SMILES string of the molecule is CN1C(C)(C)CC(CC(=O)C(CC(=O)OC2CC(C)(C)N(C)C(C)(C)C2)(Cc2cc(C(C)(C)C)cc(C(C)(C)C)c2)C(=O)OC2CC(C)(C)N(C)C(C)(C)C2)CC1(C)C. The van der Waals surface area contributed by atoms with Gasteiger partial charge in [-0.3, -0.25) is 29.1 Å². The molecule has 3 aliphatic heterocycles. The van der Waals surface area contributed by atoms with Gasteiger partial charge in [0.1, 0.15) is 17.6 Å². The molecule has 1 unspecified atom stereocenters. The number of rotatable bonds is 10. The van der Waals surface area contributed by atoms with Gasteiger partial charge in [-0.25, -0.2) is 0 Å². The lowest BCUT2D eigenvalue weighted by atomic mass is 9.67. The van der Waals surface area contributed by atoms with Crippen LogP contribution in [0.4, 0.5) is 0 Å². The number of esters is 2. The zero-order valence-corrected chi connectivity index (χ0v) is 41.7. The summed E-state index contributed by atoms with van der Waals surface area (Å²) >= 11 is 0. The third-order valence-corrected chi connectivity index (χ3v) is 15.6. The molecule has 0 spiro atoms. The van der Waals surface area contributed by atoms with E-state index in [2.05, 4.69) is 179 Å². The minimum Gasteiger partial charge on any atom is -0.462 e. The lowest BCUT2D eigenvalue weighted by Crippen LogP contribution is -2.61. The number of ether oxygens (including phenoxy) is 2. The van der Waals surface area contributed by atoms with E-state index in [1.54, 1.807) is 0 Å². The largest absolute Gasteiger partial charge is 0.462 e. The van der Waals surface area contributed by atoms with Gasteiger partial charge in [-0.2, -0.15) is 0 Å². The van der Waals surface area contributed by atoms with Crippen molar-refractivity contribution in [3.05, 3.63) is 34.9 Å². The molecule has 3 saturated heterocycles. The molecule has 0 bridgehead atoms. The van der Waals surface area contributed by atoms with Crippen LogP contribution in [-0.2, 0) is 41.1 Å². The third kappa shape index (κ3) is 10.8. The predicted molar refractivity (Wildman–Crippen MR) is 243 cm³/mol. The number of ketones is 1. The average molecular weight is 822 g/mol. The van der Waals surface area contributed by atoms with E-state index in [-0.39, 0.29) is 81.1 Å². The second kappa shape index (κ2) is 16.1. The topological polar surface area (TPSA) is 79.4 Å². The molecule has 0 aliphatic carbocycles. The van der Waals surface area contributed by atoms with Crippen molar-refractivity contribution >= 4 is 17.7 Å². The molecule has 0 aromatic heterocycles. The molecular weight excluding hydrogens is 735 g/mol. The van der Waals surface area contributed by atoms with E-state index in [9.17, 15) is 4.79 Å². The smallest absolute Gasteiger partial charge is 0.320 e. The summed E-state index contributed by atoms with van der Waals surface area (Å²) in [6.07, 6.45) is 3.29. The first kappa shape index (κ1) is 49.4. The number of hydrogen-bond acceptors (Lipinski definition) is 8. The lowest BCUT2D eigenvalue weighted by molar-refractivity contribution is -0.180. The second-order valence-corrected chi connectivity index (χ2v) is 25.3. The number of carbonyl (C=O) groups is 3. The maximum absolute atomic E-state index is 15.7. The van der Waals surface area contributed by atoms with E-state index in [4.69, 9.17) is 9.47 Å². The third-order valence-electron chi connectivity index (χ3n) is 15.6. The van der Waals surface area contributed by atoms with Crippen LogP contribution in [0.25, 0.3) is 0 Å². The summed E-state index contributed by atoms with van der Waals surface area (Å²) in [7, 11) is 6.43. The molecule has 59 heavy (non-hydrogen) atoms. The molecule has 0 radical (unpaired) electrons. The molecule has 3 heterocycles. The van der Waals surface area contributed by atoms with Crippen molar-refractivity contribution in [1.29, 1.82) is 0 Å². The molecule has 1 aromatic rings. The Kier molecular flexibility index (Phi) is 13.5. The standard InChI is InChI=1S/C51H87N3O5/c1-43(2,3)36-22-34(23-37(25-36)44(4,5)6)28-51(40(55)24-35-26-45(7,8)52(19)46(9,10)27-35,42(57)59-39-31-49(15,16)54(21)50(17,18)32-39)33-41(56)58-38-29-47(11,12)53(20)48(13,14)30-38/h22-23,25,35,38-39H,24,26-33H2,1-21H3. The molecule has 8 heteroatoms. The molecular formula is C51H87N3O5. The summed E-state index contributed by atoms with van der Waals surface area (Å²) in [6, 6.07) is 6.57. The van der Waals surface area contributed by atoms with Gasteiger partial charge in [0, 0.05) is 65.3 Å². The molecule has 3 aliphatic rings. The number of Topliss-reactive ketones (excluding diaryl/α,β-unsaturated/α-hetero) is 1. The van der Waals surface area contributed by atoms with Crippen molar-refractivity contribution in [1.82, 2.24) is 14.7 Å². The quantitative estimate of drug-likeness (QED) is 0.171. The monoisotopic (exact) mass is 822 g/mol. The molecule has 3 fully saturated rings. The van der Waals surface area contributed by atoms with Crippen LogP contribution >= 0.6 is 0 Å². The summed E-state index contributed by atoms with van der Waals surface area (Å²) in [5.41, 5.74) is -0.264. The molecule has 4 rings (SSSR count). The van der Waals surface area contributed by atoms with Crippen LogP contribution in [0.3, 0.4) is 0 Å². The normalized spacial score (nSPS) is 25.2. The van der Waals surface area contributed by atoms with Gasteiger partial charge in [0.05, 0.1) is 6.42 Å². The van der Waals surface area contributed by atoms with Gasteiger partial charge >= 0.3 is 11.9 Å². The molecule has 0 amide bonds. The number of likely N-dealkylation sites (tertiary alicyclic amines) is 3. The number of carbonyl (C=O) groups excluding carboxylic acids is 3. The highest BCUT2D eigenvalue weighted by molar-refractivity contribution is 6.07. The zero-order chi connectivity index (χ0) is 45.3. The van der Waals surface area contributed by atoms with Crippen LogP contribution in [0.15, 0.2) is 18.2 Å². The average Bonchev–Trinajstić information content (AvgIpc) is 3.02. The van der Waals surface area contributed by atoms with Crippen molar-refractivity contribution < 1.29 is 23.9 Å². The Labute approximate surface area is 361 Å². The fraction of sp³-hybridized carbons (Fsp3) is 0.824. The molecule has 336 valence electrons. The van der Waals surface area contributed by atoms with E-state index >= 15 is 9.59 Å². The highest BCUT2D eigenvalue weighted by Gasteiger charge is 2.54. The maximum Gasteiger partial charge on any atom is 0.320 e. The fourth-order valence-corrected chi connectivity index (χ4v) is 11.2. The molecule has 1 aromatic carbocycles. The Balaban J connectivity index is 1.91. The van der Waals surface area contributed by atoms with Gasteiger partial charge in [-0.1, -0.05) is 59.7 Å². The van der Waals surface area contributed by atoms with Gasteiger partial charge in [0.2, 0.25) is 0 Å². The summed E-state index contributed by atoms with van der Waals surface area (Å²) < 4.78 is 13.2. The summed E-state index contributed by atoms with van der Waals surface area (Å²) in [5.74, 6) is -1.29. The Morgan fingerprint density at radius 2 is 0.898 bits per heavy atom. The van der Waals surface area contributed by atoms with Crippen LogP contribution in [0.1, 0.15) is 193 Å². The second-order valence-electron chi connectivity index (χ2n) is 25.3. The summed E-state index contributed by atoms with van der Waals surface area (Å²) in [4.78, 5) is 53.2. The van der Waals surface area contributed by atoms with Crippen LogP contribution in [0.2, 0.25) is 0 Å². The van der Waals surface area contributed by atoms with Crippen LogP contribution < -0.4 is 0 Å². The highest BCUT2D eigenvalue weighted by Crippen LogP contribution is 2.46. The minimum atomic E-state index is -1.78. The maximum atomic E-state index is 15.7. The first-order chi connectivity index (χ1) is 26.3. The van der Waals surface area contributed by atoms with Crippen molar-refractivity contribution in [2.75, 3.05) is 21.1 Å². The Hall–Kier alpha value is -2.29. The minimum absolute atomic E-state index is 0.0228. The van der Waals surface area contributed by atoms with Crippen molar-refractivity contribution in [3.63, 3.8) is 0 Å².